The van der Waals surface area contributed by atoms with Crippen LogP contribution in [0.25, 0.3) is 10.2 Å². The quantitative estimate of drug-likeness (QED) is 0.870. The first-order chi connectivity index (χ1) is 9.40. The van der Waals surface area contributed by atoms with Crippen LogP contribution in [0.1, 0.15) is 50.4 Å². The van der Waals surface area contributed by atoms with Crippen LogP contribution in [-0.2, 0) is 19.3 Å². The number of hydrogen-bond acceptors (Lipinski definition) is 3. The average Bonchev–Trinajstić information content (AvgIpc) is 2.74. The lowest BCUT2D eigenvalue weighted by Crippen LogP contribution is -2.26. The number of aromatic nitrogens is 2. The molecule has 2 heterocycles. The number of rotatable bonds is 1. The zero-order chi connectivity index (χ0) is 14.5. The highest BCUT2D eigenvalue weighted by Crippen LogP contribution is 2.41. The van der Waals surface area contributed by atoms with Crippen molar-refractivity contribution in [1.29, 1.82) is 0 Å². The summed E-state index contributed by atoms with van der Waals surface area (Å²) in [5.41, 5.74) is 1.66. The van der Waals surface area contributed by atoms with E-state index < -0.39 is 0 Å². The SMILES string of the molecule is CCc1nc2sc3c(c2c(=O)[nH]1)CC[C@@H](C(C)(C)C)C3. The lowest BCUT2D eigenvalue weighted by molar-refractivity contribution is 0.218. The van der Waals surface area contributed by atoms with Crippen molar-refractivity contribution in [3.8, 4) is 0 Å². The zero-order valence-electron chi connectivity index (χ0n) is 12.7. The molecule has 0 radical (unpaired) electrons. The van der Waals surface area contributed by atoms with E-state index in [9.17, 15) is 4.79 Å². The highest BCUT2D eigenvalue weighted by molar-refractivity contribution is 7.18. The van der Waals surface area contributed by atoms with Crippen LogP contribution in [-0.4, -0.2) is 9.97 Å². The van der Waals surface area contributed by atoms with E-state index in [1.807, 2.05) is 6.92 Å². The minimum atomic E-state index is 0.0542. The van der Waals surface area contributed by atoms with Crippen LogP contribution in [0.2, 0.25) is 0 Å². The highest BCUT2D eigenvalue weighted by atomic mass is 32.1. The largest absolute Gasteiger partial charge is 0.310 e. The molecule has 1 atom stereocenters. The van der Waals surface area contributed by atoms with Gasteiger partial charge >= 0.3 is 0 Å². The van der Waals surface area contributed by atoms with E-state index >= 15 is 0 Å². The molecule has 1 aliphatic carbocycles. The summed E-state index contributed by atoms with van der Waals surface area (Å²) < 4.78 is 0. The number of thiophene rings is 1. The van der Waals surface area contributed by atoms with Crippen molar-refractivity contribution in [1.82, 2.24) is 9.97 Å². The number of nitrogens with one attached hydrogen (secondary N) is 1. The van der Waals surface area contributed by atoms with Crippen LogP contribution in [0.15, 0.2) is 4.79 Å². The predicted octanol–water partition coefficient (Wildman–Crippen LogP) is 3.70. The van der Waals surface area contributed by atoms with Gasteiger partial charge in [0.25, 0.3) is 5.56 Å². The Morgan fingerprint density at radius 2 is 2.15 bits per heavy atom. The molecule has 0 aliphatic heterocycles. The fourth-order valence-electron chi connectivity index (χ4n) is 3.14. The molecule has 0 saturated heterocycles. The van der Waals surface area contributed by atoms with E-state index in [1.165, 1.54) is 16.9 Å². The minimum Gasteiger partial charge on any atom is -0.310 e. The van der Waals surface area contributed by atoms with E-state index in [4.69, 9.17) is 0 Å². The first-order valence-electron chi connectivity index (χ1n) is 7.43. The molecule has 0 bridgehead atoms. The number of aromatic amines is 1. The van der Waals surface area contributed by atoms with Gasteiger partial charge in [-0.05, 0) is 36.2 Å². The Bertz CT molecular complexity index is 706. The van der Waals surface area contributed by atoms with Gasteiger partial charge < -0.3 is 4.98 Å². The molecule has 4 heteroatoms. The van der Waals surface area contributed by atoms with E-state index in [0.29, 0.717) is 11.3 Å². The lowest BCUT2D eigenvalue weighted by atomic mass is 9.72. The highest BCUT2D eigenvalue weighted by Gasteiger charge is 2.31. The second-order valence-electron chi connectivity index (χ2n) is 6.86. The first-order valence-corrected chi connectivity index (χ1v) is 8.25. The van der Waals surface area contributed by atoms with Crippen molar-refractivity contribution in [2.75, 3.05) is 0 Å². The van der Waals surface area contributed by atoms with Crippen molar-refractivity contribution in [3.63, 3.8) is 0 Å². The Hall–Kier alpha value is -1.16. The number of nitrogens with zero attached hydrogens (tertiary/aromatic N) is 1. The second kappa shape index (κ2) is 4.69. The van der Waals surface area contributed by atoms with Gasteiger partial charge in [-0.2, -0.15) is 0 Å². The Balaban J connectivity index is 2.11. The molecule has 3 rings (SSSR count). The van der Waals surface area contributed by atoms with Crippen molar-refractivity contribution < 1.29 is 0 Å². The van der Waals surface area contributed by atoms with Gasteiger partial charge in [0.15, 0.2) is 0 Å². The molecule has 0 aromatic carbocycles. The Labute approximate surface area is 123 Å². The fourth-order valence-corrected chi connectivity index (χ4v) is 4.45. The zero-order valence-corrected chi connectivity index (χ0v) is 13.5. The van der Waals surface area contributed by atoms with Gasteiger partial charge in [-0.25, -0.2) is 4.98 Å². The van der Waals surface area contributed by atoms with Crippen molar-refractivity contribution in [2.24, 2.45) is 11.3 Å². The molecule has 108 valence electrons. The van der Waals surface area contributed by atoms with E-state index in [2.05, 4.69) is 30.7 Å². The lowest BCUT2D eigenvalue weighted by Gasteiger charge is -2.33. The van der Waals surface area contributed by atoms with Crippen LogP contribution in [0.4, 0.5) is 0 Å². The summed E-state index contributed by atoms with van der Waals surface area (Å²) in [5.74, 6) is 1.50. The van der Waals surface area contributed by atoms with E-state index in [1.54, 1.807) is 11.3 Å². The van der Waals surface area contributed by atoms with Gasteiger partial charge in [0.2, 0.25) is 0 Å². The van der Waals surface area contributed by atoms with Crippen molar-refractivity contribution in [3.05, 3.63) is 26.6 Å². The van der Waals surface area contributed by atoms with Gasteiger partial charge in [0.1, 0.15) is 10.7 Å². The molecular formula is C16H22N2OS. The monoisotopic (exact) mass is 290 g/mol. The number of H-pyrrole nitrogens is 1. The second-order valence-corrected chi connectivity index (χ2v) is 7.94. The maximum absolute atomic E-state index is 12.3. The molecule has 2 aromatic heterocycles. The van der Waals surface area contributed by atoms with Crippen LogP contribution >= 0.6 is 11.3 Å². The topological polar surface area (TPSA) is 45.8 Å². The molecule has 2 aromatic rings. The average molecular weight is 290 g/mol. The number of fused-ring (bicyclic) bond motifs is 3. The smallest absolute Gasteiger partial charge is 0.259 e. The molecule has 0 unspecified atom stereocenters. The normalized spacial score (nSPS) is 19.3. The van der Waals surface area contributed by atoms with E-state index in [0.717, 1.165) is 35.3 Å². The van der Waals surface area contributed by atoms with Gasteiger partial charge in [-0.1, -0.05) is 27.7 Å². The molecule has 0 spiro atoms. The van der Waals surface area contributed by atoms with Crippen LogP contribution < -0.4 is 5.56 Å². The summed E-state index contributed by atoms with van der Waals surface area (Å²) in [5, 5.41) is 0.856. The number of aryl methyl sites for hydroxylation is 2. The predicted molar refractivity (Wildman–Crippen MR) is 84.6 cm³/mol. The Morgan fingerprint density at radius 1 is 1.40 bits per heavy atom. The van der Waals surface area contributed by atoms with Crippen LogP contribution in [0.3, 0.4) is 0 Å². The van der Waals surface area contributed by atoms with Crippen LogP contribution in [0.5, 0.6) is 0 Å². The molecule has 0 amide bonds. The third-order valence-corrected chi connectivity index (χ3v) is 5.68. The van der Waals surface area contributed by atoms with Crippen LogP contribution in [0, 0.1) is 11.3 Å². The van der Waals surface area contributed by atoms with Gasteiger partial charge in [0.05, 0.1) is 5.39 Å². The Morgan fingerprint density at radius 3 is 2.80 bits per heavy atom. The summed E-state index contributed by atoms with van der Waals surface area (Å²) in [7, 11) is 0. The van der Waals surface area contributed by atoms with Gasteiger partial charge in [-0.15, -0.1) is 11.3 Å². The van der Waals surface area contributed by atoms with E-state index in [-0.39, 0.29) is 5.56 Å². The molecule has 0 saturated carbocycles. The molecule has 3 nitrogen and oxygen atoms in total. The van der Waals surface area contributed by atoms with Gasteiger partial charge in [0, 0.05) is 11.3 Å². The molecule has 20 heavy (non-hydrogen) atoms. The molecular weight excluding hydrogens is 268 g/mol. The van der Waals surface area contributed by atoms with Crippen molar-refractivity contribution in [2.45, 2.75) is 53.4 Å². The fraction of sp³-hybridized carbons (Fsp3) is 0.625. The summed E-state index contributed by atoms with van der Waals surface area (Å²) in [6.45, 7) is 8.97. The standard InChI is InChI=1S/C16H22N2OS/c1-5-12-17-14(19)13-10-7-6-9(16(2,3)4)8-11(10)20-15(13)18-12/h9H,5-8H2,1-4H3,(H,17,18,19)/t9-/m1/s1. The minimum absolute atomic E-state index is 0.0542. The summed E-state index contributed by atoms with van der Waals surface area (Å²) in [4.78, 5) is 22.1. The molecule has 1 N–H and O–H groups in total. The van der Waals surface area contributed by atoms with Crippen molar-refractivity contribution >= 4 is 21.6 Å². The number of hydrogen-bond donors (Lipinski definition) is 1. The Kier molecular flexibility index (Phi) is 3.24. The summed E-state index contributed by atoms with van der Waals surface area (Å²) >= 11 is 1.73. The molecule has 1 aliphatic rings. The summed E-state index contributed by atoms with van der Waals surface area (Å²) in [6.07, 6.45) is 4.07. The van der Waals surface area contributed by atoms with Gasteiger partial charge in [-0.3, -0.25) is 4.79 Å². The molecule has 0 fully saturated rings. The summed E-state index contributed by atoms with van der Waals surface area (Å²) in [6, 6.07) is 0. The third kappa shape index (κ3) is 2.20. The maximum atomic E-state index is 12.3. The first kappa shape index (κ1) is 13.8. The third-order valence-electron chi connectivity index (χ3n) is 4.53. The maximum Gasteiger partial charge on any atom is 0.259 e.